The second-order valence-corrected chi connectivity index (χ2v) is 7.29. The Hall–Kier alpha value is -2.21. The van der Waals surface area contributed by atoms with E-state index in [0.717, 1.165) is 53.2 Å². The number of benzene rings is 1. The van der Waals surface area contributed by atoms with E-state index in [0.29, 0.717) is 0 Å². The van der Waals surface area contributed by atoms with Crippen LogP contribution in [0.5, 0.6) is 0 Å². The maximum Gasteiger partial charge on any atom is 0.365 e. The van der Waals surface area contributed by atoms with E-state index < -0.39 is 5.97 Å². The van der Waals surface area contributed by atoms with Crippen molar-refractivity contribution in [2.45, 2.75) is 26.2 Å². The van der Waals surface area contributed by atoms with Crippen LogP contribution in [0.3, 0.4) is 0 Å². The first-order valence-electron chi connectivity index (χ1n) is 7.70. The fraction of sp³-hybridized carbons (Fsp3) is 0.353. The zero-order valence-electron chi connectivity index (χ0n) is 12.7. The highest BCUT2D eigenvalue weighted by molar-refractivity contribution is 7.13. The summed E-state index contributed by atoms with van der Waals surface area (Å²) in [5.41, 5.74) is 3.78. The number of nitrogens with zero attached hydrogens (tertiary/aromatic N) is 2. The number of carbonyl (C=O) groups excluding carboxylic acids is 1. The van der Waals surface area contributed by atoms with Crippen molar-refractivity contribution in [2.24, 2.45) is 5.92 Å². The number of amides is 1. The summed E-state index contributed by atoms with van der Waals surface area (Å²) in [7, 11) is 0. The molecule has 1 aromatic carbocycles. The Morgan fingerprint density at radius 2 is 2.13 bits per heavy atom. The van der Waals surface area contributed by atoms with Crippen LogP contribution in [0.25, 0.3) is 11.3 Å². The van der Waals surface area contributed by atoms with Gasteiger partial charge in [-0.15, -0.1) is 11.3 Å². The second-order valence-electron chi connectivity index (χ2n) is 6.09. The van der Waals surface area contributed by atoms with Gasteiger partial charge in [-0.05, 0) is 43.9 Å². The Morgan fingerprint density at radius 3 is 2.78 bits per heavy atom. The third kappa shape index (κ3) is 2.43. The van der Waals surface area contributed by atoms with Crippen molar-refractivity contribution >= 4 is 28.9 Å². The first-order chi connectivity index (χ1) is 11.0. The SMILES string of the molecule is Cc1sc(C(=O)O)nc1-c1ccc2c(c1)CCN2C(=O)C1CC1. The monoisotopic (exact) mass is 328 g/mol. The Kier molecular flexibility index (Phi) is 3.23. The van der Waals surface area contributed by atoms with Crippen LogP contribution >= 0.6 is 11.3 Å². The molecule has 23 heavy (non-hydrogen) atoms. The van der Waals surface area contributed by atoms with Crippen molar-refractivity contribution in [3.63, 3.8) is 0 Å². The quantitative estimate of drug-likeness (QED) is 0.940. The molecular formula is C17H16N2O3S. The topological polar surface area (TPSA) is 70.5 Å². The van der Waals surface area contributed by atoms with Crippen LogP contribution in [0.2, 0.25) is 0 Å². The number of fused-ring (bicyclic) bond motifs is 1. The van der Waals surface area contributed by atoms with Gasteiger partial charge in [-0.2, -0.15) is 0 Å². The number of aromatic carboxylic acids is 1. The van der Waals surface area contributed by atoms with E-state index in [2.05, 4.69) is 4.98 Å². The summed E-state index contributed by atoms with van der Waals surface area (Å²) in [6.45, 7) is 2.63. The molecule has 0 atom stereocenters. The molecule has 1 saturated carbocycles. The number of carboxylic acids is 1. The summed E-state index contributed by atoms with van der Waals surface area (Å²) in [6.07, 6.45) is 2.87. The number of hydrogen-bond acceptors (Lipinski definition) is 4. The highest BCUT2D eigenvalue weighted by atomic mass is 32.1. The molecule has 2 heterocycles. The van der Waals surface area contributed by atoms with Crippen molar-refractivity contribution in [3.05, 3.63) is 33.6 Å². The van der Waals surface area contributed by atoms with E-state index in [1.807, 2.05) is 30.0 Å². The summed E-state index contributed by atoms with van der Waals surface area (Å²) in [5, 5.41) is 9.20. The van der Waals surface area contributed by atoms with Gasteiger partial charge < -0.3 is 10.0 Å². The lowest BCUT2D eigenvalue weighted by molar-refractivity contribution is -0.119. The molecule has 1 N–H and O–H groups in total. The van der Waals surface area contributed by atoms with Crippen LogP contribution in [-0.4, -0.2) is 28.5 Å². The van der Waals surface area contributed by atoms with Crippen LogP contribution in [0.15, 0.2) is 18.2 Å². The molecule has 5 nitrogen and oxygen atoms in total. The molecule has 2 aromatic rings. The standard InChI is InChI=1S/C17H16N2O3S/c1-9-14(18-15(23-9)17(21)22)12-4-5-13-11(8-12)6-7-19(13)16(20)10-2-3-10/h4-5,8,10H,2-3,6-7H2,1H3,(H,21,22). The number of aromatic nitrogens is 1. The lowest BCUT2D eigenvalue weighted by Gasteiger charge is -2.17. The van der Waals surface area contributed by atoms with Crippen molar-refractivity contribution in [1.29, 1.82) is 0 Å². The highest BCUT2D eigenvalue weighted by Gasteiger charge is 2.36. The predicted molar refractivity (Wildman–Crippen MR) is 88.0 cm³/mol. The molecule has 1 aliphatic heterocycles. The molecule has 0 radical (unpaired) electrons. The minimum absolute atomic E-state index is 0.114. The Balaban J connectivity index is 1.68. The molecule has 1 aliphatic carbocycles. The summed E-state index contributed by atoms with van der Waals surface area (Å²) >= 11 is 1.19. The molecule has 0 saturated heterocycles. The molecule has 6 heteroatoms. The molecule has 1 aromatic heterocycles. The highest BCUT2D eigenvalue weighted by Crippen LogP contribution is 2.38. The summed E-state index contributed by atoms with van der Waals surface area (Å²) in [5.74, 6) is -0.527. The molecule has 0 spiro atoms. The number of carbonyl (C=O) groups is 2. The Labute approximate surface area is 137 Å². The minimum Gasteiger partial charge on any atom is -0.476 e. The van der Waals surface area contributed by atoms with Crippen molar-refractivity contribution in [1.82, 2.24) is 4.98 Å². The zero-order valence-corrected chi connectivity index (χ0v) is 13.5. The van der Waals surface area contributed by atoms with Crippen molar-refractivity contribution in [2.75, 3.05) is 11.4 Å². The van der Waals surface area contributed by atoms with Gasteiger partial charge in [0, 0.05) is 28.6 Å². The van der Waals surface area contributed by atoms with Gasteiger partial charge in [-0.3, -0.25) is 4.79 Å². The number of hydrogen-bond donors (Lipinski definition) is 1. The number of aryl methyl sites for hydroxylation is 1. The van der Waals surface area contributed by atoms with Crippen LogP contribution in [0, 0.1) is 12.8 Å². The van der Waals surface area contributed by atoms with E-state index in [4.69, 9.17) is 5.11 Å². The van der Waals surface area contributed by atoms with Gasteiger partial charge in [-0.1, -0.05) is 6.07 Å². The Morgan fingerprint density at radius 1 is 1.35 bits per heavy atom. The van der Waals surface area contributed by atoms with Gasteiger partial charge >= 0.3 is 5.97 Å². The van der Waals surface area contributed by atoms with Crippen molar-refractivity contribution in [3.8, 4) is 11.3 Å². The number of carboxylic acid groups (broad SMARTS) is 1. The summed E-state index contributed by atoms with van der Waals surface area (Å²) < 4.78 is 0. The molecule has 1 fully saturated rings. The van der Waals surface area contributed by atoms with Gasteiger partial charge in [-0.25, -0.2) is 9.78 Å². The number of anilines is 1. The largest absolute Gasteiger partial charge is 0.476 e. The molecule has 4 rings (SSSR count). The average molecular weight is 328 g/mol. The third-order valence-corrected chi connectivity index (χ3v) is 5.38. The number of rotatable bonds is 3. The fourth-order valence-electron chi connectivity index (χ4n) is 3.08. The smallest absolute Gasteiger partial charge is 0.365 e. The first kappa shape index (κ1) is 14.4. The molecular weight excluding hydrogens is 312 g/mol. The third-order valence-electron chi connectivity index (χ3n) is 4.42. The first-order valence-corrected chi connectivity index (χ1v) is 8.51. The van der Waals surface area contributed by atoms with Gasteiger partial charge in [0.15, 0.2) is 0 Å². The van der Waals surface area contributed by atoms with Gasteiger partial charge in [0.05, 0.1) is 5.69 Å². The molecule has 2 aliphatic rings. The van der Waals surface area contributed by atoms with Crippen LogP contribution < -0.4 is 4.90 Å². The van der Waals surface area contributed by atoms with E-state index in [9.17, 15) is 9.59 Å². The lowest BCUT2D eigenvalue weighted by Crippen LogP contribution is -2.30. The van der Waals surface area contributed by atoms with Crippen LogP contribution in [0.1, 0.15) is 33.1 Å². The maximum absolute atomic E-state index is 12.3. The van der Waals surface area contributed by atoms with E-state index in [-0.39, 0.29) is 16.8 Å². The van der Waals surface area contributed by atoms with E-state index >= 15 is 0 Å². The summed E-state index contributed by atoms with van der Waals surface area (Å²) in [4.78, 5) is 30.4. The van der Waals surface area contributed by atoms with E-state index in [1.54, 1.807) is 0 Å². The predicted octanol–water partition coefficient (Wildman–Crippen LogP) is 3.12. The van der Waals surface area contributed by atoms with Gasteiger partial charge in [0.1, 0.15) is 0 Å². The molecule has 1 amide bonds. The zero-order chi connectivity index (χ0) is 16.1. The normalized spacial score (nSPS) is 16.5. The Bertz CT molecular complexity index is 823. The van der Waals surface area contributed by atoms with Crippen LogP contribution in [-0.2, 0) is 11.2 Å². The fourth-order valence-corrected chi connectivity index (χ4v) is 3.86. The maximum atomic E-state index is 12.3. The van der Waals surface area contributed by atoms with E-state index in [1.165, 1.54) is 11.3 Å². The molecule has 0 unspecified atom stereocenters. The van der Waals surface area contributed by atoms with Gasteiger partial charge in [0.2, 0.25) is 10.9 Å². The van der Waals surface area contributed by atoms with Crippen LogP contribution in [0.4, 0.5) is 5.69 Å². The second kappa shape index (κ2) is 5.16. The van der Waals surface area contributed by atoms with Gasteiger partial charge in [0.25, 0.3) is 0 Å². The minimum atomic E-state index is -0.994. The number of thiazole rings is 1. The summed E-state index contributed by atoms with van der Waals surface area (Å²) in [6, 6.07) is 5.95. The molecule has 0 bridgehead atoms. The lowest BCUT2D eigenvalue weighted by atomic mass is 10.1. The average Bonchev–Trinajstić information content (AvgIpc) is 3.18. The van der Waals surface area contributed by atoms with Crippen molar-refractivity contribution < 1.29 is 14.7 Å². The molecule has 118 valence electrons.